The van der Waals surface area contributed by atoms with E-state index in [9.17, 15) is 4.79 Å². The molecule has 122 valence electrons. The molecule has 1 aliphatic carbocycles. The Labute approximate surface area is 145 Å². The maximum absolute atomic E-state index is 12.8. The molecule has 3 aromatic rings. The second kappa shape index (κ2) is 5.03. The largest absolute Gasteiger partial charge is 0.296 e. The fourth-order valence-corrected chi connectivity index (χ4v) is 3.83. The third-order valence-corrected chi connectivity index (χ3v) is 5.52. The maximum atomic E-state index is 12.8. The van der Waals surface area contributed by atoms with E-state index < -0.39 is 0 Å². The molecule has 0 N–H and O–H groups in total. The molecule has 0 saturated heterocycles. The summed E-state index contributed by atoms with van der Waals surface area (Å²) in [6, 6.07) is 11.3. The van der Waals surface area contributed by atoms with Crippen molar-refractivity contribution in [2.45, 2.75) is 26.3 Å². The quantitative estimate of drug-likeness (QED) is 0.597. The lowest BCUT2D eigenvalue weighted by atomic mass is 10.0. The molecule has 0 radical (unpaired) electrons. The van der Waals surface area contributed by atoms with Crippen molar-refractivity contribution in [1.29, 1.82) is 0 Å². The van der Waals surface area contributed by atoms with Crippen LogP contribution in [-0.2, 0) is 13.0 Å². The molecule has 4 nitrogen and oxygen atoms in total. The van der Waals surface area contributed by atoms with Gasteiger partial charge >= 0.3 is 0 Å². The van der Waals surface area contributed by atoms with E-state index in [-0.39, 0.29) is 5.56 Å². The van der Waals surface area contributed by atoms with Gasteiger partial charge in [0.15, 0.2) is 0 Å². The van der Waals surface area contributed by atoms with Crippen LogP contribution < -0.4 is 5.56 Å². The molecule has 0 spiro atoms. The van der Waals surface area contributed by atoms with Gasteiger partial charge in [-0.05, 0) is 54.0 Å². The molecule has 2 aromatic heterocycles. The topological polar surface area (TPSA) is 47.8 Å². The van der Waals surface area contributed by atoms with E-state index in [0.29, 0.717) is 16.7 Å². The molecule has 1 fully saturated rings. The molecule has 0 amide bonds. The van der Waals surface area contributed by atoms with Gasteiger partial charge in [-0.25, -0.2) is 9.97 Å². The summed E-state index contributed by atoms with van der Waals surface area (Å²) < 4.78 is 1.88. The normalized spacial score (nSPS) is 23.3. The Morgan fingerprint density at radius 1 is 1.24 bits per heavy atom. The van der Waals surface area contributed by atoms with E-state index in [0.717, 1.165) is 35.6 Å². The first kappa shape index (κ1) is 14.4. The van der Waals surface area contributed by atoms with Gasteiger partial charge in [-0.1, -0.05) is 18.9 Å². The zero-order valence-corrected chi connectivity index (χ0v) is 14.0. The van der Waals surface area contributed by atoms with Gasteiger partial charge in [0.25, 0.3) is 5.56 Å². The van der Waals surface area contributed by atoms with Gasteiger partial charge in [0.2, 0.25) is 0 Å². The summed E-state index contributed by atoms with van der Waals surface area (Å²) in [6.07, 6.45) is 3.84. The summed E-state index contributed by atoms with van der Waals surface area (Å²) in [5, 5.41) is 0.676. The number of pyridine rings is 1. The molecular formula is C21H17N3O. The van der Waals surface area contributed by atoms with E-state index in [1.165, 1.54) is 6.42 Å². The lowest BCUT2D eigenvalue weighted by molar-refractivity contribution is 0.359. The standard InChI is InChI=1S/C21H17N3O/c1-21-12-15(21)11-19-23-18-10-14(5-7-16-4-2-3-9-22-16)6-8-17(18)20(25)24(19)13-21/h2-4,6,8-10,15H,11-13H2,1H3/t15-,21-/m1/s1. The van der Waals surface area contributed by atoms with Gasteiger partial charge in [0, 0.05) is 24.7 Å². The SMILES string of the molecule is C[C@]12C[C@H]1Cc1nc3cc(C#Cc4ccccn4)ccc3c(=O)n1C2. The van der Waals surface area contributed by atoms with Crippen molar-refractivity contribution in [2.24, 2.45) is 11.3 Å². The van der Waals surface area contributed by atoms with Crippen LogP contribution in [0.15, 0.2) is 47.4 Å². The number of nitrogens with zero attached hydrogens (tertiary/aromatic N) is 3. The van der Waals surface area contributed by atoms with E-state index >= 15 is 0 Å². The third-order valence-electron chi connectivity index (χ3n) is 5.52. The van der Waals surface area contributed by atoms with Gasteiger partial charge < -0.3 is 0 Å². The zero-order chi connectivity index (χ0) is 17.0. The van der Waals surface area contributed by atoms with Crippen molar-refractivity contribution in [3.63, 3.8) is 0 Å². The summed E-state index contributed by atoms with van der Waals surface area (Å²) in [7, 11) is 0. The summed E-state index contributed by atoms with van der Waals surface area (Å²) in [4.78, 5) is 21.8. The van der Waals surface area contributed by atoms with Crippen LogP contribution in [-0.4, -0.2) is 14.5 Å². The highest BCUT2D eigenvalue weighted by Crippen LogP contribution is 2.56. The first-order chi connectivity index (χ1) is 12.1. The van der Waals surface area contributed by atoms with Crippen LogP contribution in [0.25, 0.3) is 10.9 Å². The van der Waals surface area contributed by atoms with E-state index in [2.05, 4.69) is 23.7 Å². The van der Waals surface area contributed by atoms with Crippen molar-refractivity contribution in [1.82, 2.24) is 14.5 Å². The van der Waals surface area contributed by atoms with Crippen LogP contribution in [0.2, 0.25) is 0 Å². The van der Waals surface area contributed by atoms with Gasteiger partial charge in [0.05, 0.1) is 10.9 Å². The second-order valence-corrected chi connectivity index (χ2v) is 7.38. The van der Waals surface area contributed by atoms with Crippen LogP contribution in [0.1, 0.15) is 30.4 Å². The molecule has 0 bridgehead atoms. The van der Waals surface area contributed by atoms with E-state index in [4.69, 9.17) is 4.98 Å². The fourth-order valence-electron chi connectivity index (χ4n) is 3.83. The maximum Gasteiger partial charge on any atom is 0.261 e. The summed E-state index contributed by atoms with van der Waals surface area (Å²) in [5.41, 5.74) is 2.71. The number of hydrogen-bond acceptors (Lipinski definition) is 3. The van der Waals surface area contributed by atoms with Crippen LogP contribution in [0, 0.1) is 23.2 Å². The van der Waals surface area contributed by atoms with Gasteiger partial charge in [-0.3, -0.25) is 9.36 Å². The Bertz CT molecular complexity index is 1120. The first-order valence-electron chi connectivity index (χ1n) is 8.59. The zero-order valence-electron chi connectivity index (χ0n) is 14.0. The Morgan fingerprint density at radius 3 is 3.00 bits per heavy atom. The molecule has 2 atom stereocenters. The van der Waals surface area contributed by atoms with Gasteiger partial charge in [-0.2, -0.15) is 0 Å². The second-order valence-electron chi connectivity index (χ2n) is 7.38. The summed E-state index contributed by atoms with van der Waals surface area (Å²) in [5.74, 6) is 7.77. The van der Waals surface area contributed by atoms with E-state index in [1.807, 2.05) is 41.0 Å². The average Bonchev–Trinajstić information content (AvgIpc) is 3.29. The first-order valence-corrected chi connectivity index (χ1v) is 8.59. The lowest BCUT2D eigenvalue weighted by Gasteiger charge is -2.22. The minimum atomic E-state index is 0.0795. The minimum absolute atomic E-state index is 0.0795. The molecule has 1 aliphatic heterocycles. The summed E-state index contributed by atoms with van der Waals surface area (Å²) >= 11 is 0. The van der Waals surface area contributed by atoms with Crippen molar-refractivity contribution >= 4 is 10.9 Å². The van der Waals surface area contributed by atoms with Gasteiger partial charge in [0.1, 0.15) is 11.5 Å². The molecule has 4 heteroatoms. The third kappa shape index (κ3) is 2.35. The van der Waals surface area contributed by atoms with Crippen LogP contribution in [0.4, 0.5) is 0 Å². The lowest BCUT2D eigenvalue weighted by Crippen LogP contribution is -2.32. The number of hydrogen-bond donors (Lipinski definition) is 0. The fraction of sp³-hybridized carbons (Fsp3) is 0.286. The van der Waals surface area contributed by atoms with Crippen molar-refractivity contribution in [3.8, 4) is 11.8 Å². The highest BCUT2D eigenvalue weighted by atomic mass is 16.1. The number of rotatable bonds is 0. The molecule has 25 heavy (non-hydrogen) atoms. The highest BCUT2D eigenvalue weighted by molar-refractivity contribution is 5.79. The van der Waals surface area contributed by atoms with Crippen molar-refractivity contribution in [2.75, 3.05) is 0 Å². The Morgan fingerprint density at radius 2 is 2.16 bits per heavy atom. The molecule has 0 unspecified atom stereocenters. The summed E-state index contributed by atoms with van der Waals surface area (Å²) in [6.45, 7) is 3.07. The van der Waals surface area contributed by atoms with Crippen molar-refractivity contribution in [3.05, 3.63) is 70.0 Å². The van der Waals surface area contributed by atoms with E-state index in [1.54, 1.807) is 6.20 Å². The predicted octanol–water partition coefficient (Wildman–Crippen LogP) is 2.77. The molecular weight excluding hydrogens is 310 g/mol. The molecule has 3 heterocycles. The highest BCUT2D eigenvalue weighted by Gasteiger charge is 2.53. The number of fused-ring (bicyclic) bond motifs is 3. The molecule has 1 saturated carbocycles. The monoisotopic (exact) mass is 327 g/mol. The Hall–Kier alpha value is -2.93. The van der Waals surface area contributed by atoms with Crippen LogP contribution in [0.5, 0.6) is 0 Å². The predicted molar refractivity (Wildman–Crippen MR) is 96.1 cm³/mol. The molecule has 2 aliphatic rings. The minimum Gasteiger partial charge on any atom is -0.296 e. The van der Waals surface area contributed by atoms with Gasteiger partial charge in [-0.15, -0.1) is 0 Å². The number of benzene rings is 1. The molecule has 5 rings (SSSR count). The number of aromatic nitrogens is 3. The van der Waals surface area contributed by atoms with Crippen LogP contribution in [0.3, 0.4) is 0 Å². The Balaban J connectivity index is 1.59. The average molecular weight is 327 g/mol. The van der Waals surface area contributed by atoms with Crippen molar-refractivity contribution < 1.29 is 0 Å². The molecule has 1 aromatic carbocycles. The van der Waals surface area contributed by atoms with Crippen LogP contribution >= 0.6 is 0 Å². The Kier molecular flexibility index (Phi) is 2.90. The smallest absolute Gasteiger partial charge is 0.261 e.